The molecule has 0 saturated carbocycles. The Hall–Kier alpha value is -2.28. The Balaban J connectivity index is 1.87. The van der Waals surface area contributed by atoms with Crippen molar-refractivity contribution in [2.24, 2.45) is 0 Å². The molecule has 2 aromatic carbocycles. The minimum atomic E-state index is -0.232. The standard InChI is InChI=1S/C20H19ClN2O3S/c1-26-10-9-22-19(24)13-23-16-7-2-3-8-17(16)27-18(20(23)25)12-14-5-4-6-15(21)11-14/h2-8,11-12H,9-10,13H2,1H3,(H,22,24)/b18-12+. The molecule has 1 N–H and O–H groups in total. The summed E-state index contributed by atoms with van der Waals surface area (Å²) in [5.74, 6) is -0.440. The molecule has 0 aromatic heterocycles. The van der Waals surface area contributed by atoms with Crippen molar-refractivity contribution in [2.75, 3.05) is 31.7 Å². The lowest BCUT2D eigenvalue weighted by Crippen LogP contribution is -2.43. The van der Waals surface area contributed by atoms with Crippen LogP contribution in [0.2, 0.25) is 5.02 Å². The number of thioether (sulfide) groups is 1. The number of nitrogens with one attached hydrogen (secondary N) is 1. The molecule has 140 valence electrons. The molecule has 2 aromatic rings. The molecule has 0 atom stereocenters. The molecule has 7 heteroatoms. The van der Waals surface area contributed by atoms with Gasteiger partial charge in [0.15, 0.2) is 0 Å². The predicted molar refractivity (Wildman–Crippen MR) is 109 cm³/mol. The largest absolute Gasteiger partial charge is 0.383 e. The van der Waals surface area contributed by atoms with E-state index in [1.165, 1.54) is 16.7 Å². The smallest absolute Gasteiger partial charge is 0.265 e. The highest BCUT2D eigenvalue weighted by molar-refractivity contribution is 8.04. The summed E-state index contributed by atoms with van der Waals surface area (Å²) in [7, 11) is 1.57. The lowest BCUT2D eigenvalue weighted by atomic mass is 10.2. The highest BCUT2D eigenvalue weighted by Crippen LogP contribution is 2.41. The van der Waals surface area contributed by atoms with Crippen molar-refractivity contribution in [1.82, 2.24) is 5.32 Å². The maximum atomic E-state index is 13.0. The fourth-order valence-corrected chi connectivity index (χ4v) is 3.92. The Bertz CT molecular complexity index is 885. The number of nitrogens with zero attached hydrogens (tertiary/aromatic N) is 1. The van der Waals surface area contributed by atoms with E-state index < -0.39 is 0 Å². The van der Waals surface area contributed by atoms with Crippen molar-refractivity contribution in [1.29, 1.82) is 0 Å². The second-order valence-electron chi connectivity index (χ2n) is 5.87. The van der Waals surface area contributed by atoms with Gasteiger partial charge in [-0.3, -0.25) is 14.5 Å². The van der Waals surface area contributed by atoms with E-state index in [1.807, 2.05) is 36.4 Å². The summed E-state index contributed by atoms with van der Waals surface area (Å²) in [6.45, 7) is 0.776. The average molecular weight is 403 g/mol. The zero-order valence-electron chi connectivity index (χ0n) is 14.8. The number of hydrogen-bond acceptors (Lipinski definition) is 4. The van der Waals surface area contributed by atoms with E-state index in [1.54, 1.807) is 25.3 Å². The number of carbonyl (C=O) groups excluding carboxylic acids is 2. The van der Waals surface area contributed by atoms with Crippen molar-refractivity contribution in [3.8, 4) is 0 Å². The van der Waals surface area contributed by atoms with Crippen LogP contribution in [0, 0.1) is 0 Å². The fourth-order valence-electron chi connectivity index (χ4n) is 2.66. The van der Waals surface area contributed by atoms with E-state index >= 15 is 0 Å². The van der Waals surface area contributed by atoms with E-state index in [0.717, 1.165) is 16.1 Å². The number of fused-ring (bicyclic) bond motifs is 1. The van der Waals surface area contributed by atoms with Crippen molar-refractivity contribution in [3.05, 3.63) is 64.0 Å². The van der Waals surface area contributed by atoms with Crippen molar-refractivity contribution >= 4 is 46.9 Å². The van der Waals surface area contributed by atoms with Gasteiger partial charge in [-0.05, 0) is 35.9 Å². The molecule has 1 heterocycles. The lowest BCUT2D eigenvalue weighted by molar-refractivity contribution is -0.122. The summed E-state index contributed by atoms with van der Waals surface area (Å²) in [6.07, 6.45) is 1.80. The first-order chi connectivity index (χ1) is 13.1. The first-order valence-electron chi connectivity index (χ1n) is 8.40. The van der Waals surface area contributed by atoms with Gasteiger partial charge in [0.2, 0.25) is 5.91 Å². The number of para-hydroxylation sites is 1. The van der Waals surface area contributed by atoms with Crippen molar-refractivity contribution in [3.63, 3.8) is 0 Å². The SMILES string of the molecule is COCCNC(=O)CN1C(=O)/C(=C\c2cccc(Cl)c2)Sc2ccccc21. The molecule has 2 amide bonds. The third-order valence-electron chi connectivity index (χ3n) is 3.91. The summed E-state index contributed by atoms with van der Waals surface area (Å²) >= 11 is 7.44. The summed E-state index contributed by atoms with van der Waals surface area (Å²) < 4.78 is 4.93. The Labute approximate surface area is 167 Å². The monoisotopic (exact) mass is 402 g/mol. The molecule has 27 heavy (non-hydrogen) atoms. The van der Waals surface area contributed by atoms with E-state index in [-0.39, 0.29) is 18.4 Å². The van der Waals surface area contributed by atoms with Gasteiger partial charge in [-0.2, -0.15) is 0 Å². The van der Waals surface area contributed by atoms with Gasteiger partial charge in [0.05, 0.1) is 17.2 Å². The van der Waals surface area contributed by atoms with Gasteiger partial charge < -0.3 is 10.1 Å². The highest BCUT2D eigenvalue weighted by Gasteiger charge is 2.30. The molecule has 0 fully saturated rings. The quantitative estimate of drug-likeness (QED) is 0.592. The maximum Gasteiger partial charge on any atom is 0.265 e. The summed E-state index contributed by atoms with van der Waals surface area (Å²) in [5, 5.41) is 3.36. The molecular weight excluding hydrogens is 384 g/mol. The van der Waals surface area contributed by atoms with Crippen LogP contribution in [-0.2, 0) is 14.3 Å². The lowest BCUT2D eigenvalue weighted by Gasteiger charge is -2.29. The first-order valence-corrected chi connectivity index (χ1v) is 9.59. The number of hydrogen-bond donors (Lipinski definition) is 1. The molecule has 0 radical (unpaired) electrons. The predicted octanol–water partition coefficient (Wildman–Crippen LogP) is 3.58. The third-order valence-corrected chi connectivity index (χ3v) is 5.22. The molecule has 0 spiro atoms. The van der Waals surface area contributed by atoms with Crippen LogP contribution in [0.25, 0.3) is 6.08 Å². The third kappa shape index (κ3) is 4.91. The molecule has 1 aliphatic rings. The number of rotatable bonds is 6. The summed E-state index contributed by atoms with van der Waals surface area (Å²) in [4.78, 5) is 28.3. The average Bonchev–Trinajstić information content (AvgIpc) is 2.65. The molecule has 0 aliphatic carbocycles. The molecular formula is C20H19ClN2O3S. The Kier molecular flexibility index (Phi) is 6.55. The van der Waals surface area contributed by atoms with Crippen LogP contribution >= 0.6 is 23.4 Å². The first kappa shape index (κ1) is 19.5. The zero-order valence-corrected chi connectivity index (χ0v) is 16.3. The Morgan fingerprint density at radius 3 is 2.85 bits per heavy atom. The Morgan fingerprint density at radius 2 is 2.07 bits per heavy atom. The van der Waals surface area contributed by atoms with Crippen molar-refractivity contribution in [2.45, 2.75) is 4.90 Å². The number of anilines is 1. The van der Waals surface area contributed by atoms with E-state index in [0.29, 0.717) is 23.1 Å². The van der Waals surface area contributed by atoms with Crippen LogP contribution in [0.1, 0.15) is 5.56 Å². The van der Waals surface area contributed by atoms with Crippen LogP contribution in [0.4, 0.5) is 5.69 Å². The normalized spacial score (nSPS) is 15.0. The maximum absolute atomic E-state index is 13.0. The second-order valence-corrected chi connectivity index (χ2v) is 7.39. The van der Waals surface area contributed by atoms with Gasteiger partial charge in [-0.25, -0.2) is 0 Å². The number of methoxy groups -OCH3 is 1. The molecule has 1 aliphatic heterocycles. The van der Waals surface area contributed by atoms with Gasteiger partial charge >= 0.3 is 0 Å². The van der Waals surface area contributed by atoms with Gasteiger partial charge in [-0.1, -0.05) is 47.6 Å². The van der Waals surface area contributed by atoms with Crippen molar-refractivity contribution < 1.29 is 14.3 Å². The molecule has 3 rings (SSSR count). The Morgan fingerprint density at radius 1 is 1.26 bits per heavy atom. The molecule has 0 unspecified atom stereocenters. The van der Waals surface area contributed by atoms with Gasteiger partial charge in [0.25, 0.3) is 5.91 Å². The van der Waals surface area contributed by atoms with Gasteiger partial charge in [0.1, 0.15) is 6.54 Å². The van der Waals surface area contributed by atoms with Crippen LogP contribution in [0.15, 0.2) is 58.3 Å². The topological polar surface area (TPSA) is 58.6 Å². The number of ether oxygens (including phenoxy) is 1. The minimum absolute atomic E-state index is 0.0486. The van der Waals surface area contributed by atoms with Gasteiger partial charge in [0, 0.05) is 23.6 Å². The molecule has 0 bridgehead atoms. The molecule has 5 nitrogen and oxygen atoms in total. The van der Waals surface area contributed by atoms with Crippen LogP contribution in [0.5, 0.6) is 0 Å². The number of carbonyl (C=O) groups is 2. The van der Waals surface area contributed by atoms with E-state index in [4.69, 9.17) is 16.3 Å². The fraction of sp³-hybridized carbons (Fsp3) is 0.200. The van der Waals surface area contributed by atoms with E-state index in [2.05, 4.69) is 5.32 Å². The van der Waals surface area contributed by atoms with Crippen LogP contribution in [0.3, 0.4) is 0 Å². The zero-order chi connectivity index (χ0) is 19.2. The highest BCUT2D eigenvalue weighted by atomic mass is 35.5. The van der Waals surface area contributed by atoms with E-state index in [9.17, 15) is 9.59 Å². The van der Waals surface area contributed by atoms with Crippen LogP contribution in [-0.4, -0.2) is 38.6 Å². The minimum Gasteiger partial charge on any atom is -0.383 e. The number of benzene rings is 2. The summed E-state index contributed by atoms with van der Waals surface area (Å²) in [6, 6.07) is 14.9. The molecule has 0 saturated heterocycles. The number of amides is 2. The summed E-state index contributed by atoms with van der Waals surface area (Å²) in [5.41, 5.74) is 1.57. The van der Waals surface area contributed by atoms with Gasteiger partial charge in [-0.15, -0.1) is 0 Å². The van der Waals surface area contributed by atoms with Crippen LogP contribution < -0.4 is 10.2 Å². The second kappa shape index (κ2) is 9.08. The number of halogens is 1.